The highest BCUT2D eigenvalue weighted by Gasteiger charge is 2.21. The Morgan fingerprint density at radius 1 is 1.22 bits per heavy atom. The molecular weight excluding hydrogens is 304 g/mol. The molecule has 0 fully saturated rings. The van der Waals surface area contributed by atoms with Crippen molar-refractivity contribution in [2.75, 3.05) is 25.7 Å². The van der Waals surface area contributed by atoms with Crippen LogP contribution >= 0.6 is 0 Å². The molecule has 0 aliphatic rings. The van der Waals surface area contributed by atoms with Crippen molar-refractivity contribution >= 4 is 29.8 Å². The normalized spacial score (nSPS) is 11.1. The Hall–Kier alpha value is -2.90. The SMILES string of the molecule is COC(=O)[C@H](C)NC(=O)CN(C(=O)C=O)c1ccc(OC)cc1. The van der Waals surface area contributed by atoms with Crippen LogP contribution in [-0.2, 0) is 23.9 Å². The first kappa shape index (κ1) is 18.1. The average molecular weight is 322 g/mol. The minimum atomic E-state index is -0.879. The molecule has 1 aromatic rings. The van der Waals surface area contributed by atoms with Gasteiger partial charge in [0.15, 0.2) is 0 Å². The van der Waals surface area contributed by atoms with Crippen LogP contribution in [0.4, 0.5) is 5.69 Å². The highest BCUT2D eigenvalue weighted by molar-refractivity contribution is 6.31. The largest absolute Gasteiger partial charge is 0.497 e. The van der Waals surface area contributed by atoms with Crippen molar-refractivity contribution in [1.29, 1.82) is 0 Å². The van der Waals surface area contributed by atoms with E-state index in [-0.39, 0.29) is 6.29 Å². The number of carbonyl (C=O) groups is 4. The van der Waals surface area contributed by atoms with Gasteiger partial charge in [-0.3, -0.25) is 19.3 Å². The summed E-state index contributed by atoms with van der Waals surface area (Å²) in [6, 6.07) is 5.40. The summed E-state index contributed by atoms with van der Waals surface area (Å²) in [6.45, 7) is 1.04. The van der Waals surface area contributed by atoms with E-state index in [1.807, 2.05) is 0 Å². The van der Waals surface area contributed by atoms with E-state index in [0.29, 0.717) is 11.4 Å². The number of nitrogens with one attached hydrogen (secondary N) is 1. The van der Waals surface area contributed by atoms with E-state index >= 15 is 0 Å². The number of amides is 2. The second-order valence-electron chi connectivity index (χ2n) is 4.55. The summed E-state index contributed by atoms with van der Waals surface area (Å²) in [4.78, 5) is 46.7. The van der Waals surface area contributed by atoms with Crippen molar-refractivity contribution in [2.24, 2.45) is 0 Å². The van der Waals surface area contributed by atoms with Gasteiger partial charge in [-0.2, -0.15) is 0 Å². The van der Waals surface area contributed by atoms with E-state index in [9.17, 15) is 19.2 Å². The average Bonchev–Trinajstić information content (AvgIpc) is 2.58. The number of rotatable bonds is 7. The number of hydrogen-bond acceptors (Lipinski definition) is 6. The fourth-order valence-electron chi connectivity index (χ4n) is 1.79. The zero-order chi connectivity index (χ0) is 17.4. The van der Waals surface area contributed by atoms with Crippen molar-refractivity contribution in [3.05, 3.63) is 24.3 Å². The van der Waals surface area contributed by atoms with Crippen molar-refractivity contribution in [3.8, 4) is 5.75 Å². The zero-order valence-electron chi connectivity index (χ0n) is 13.1. The maximum Gasteiger partial charge on any atom is 0.328 e. The van der Waals surface area contributed by atoms with Gasteiger partial charge >= 0.3 is 5.97 Å². The lowest BCUT2D eigenvalue weighted by molar-refractivity contribution is -0.144. The molecule has 8 nitrogen and oxygen atoms in total. The van der Waals surface area contributed by atoms with Crippen LogP contribution in [0.15, 0.2) is 24.3 Å². The van der Waals surface area contributed by atoms with Crippen LogP contribution in [0.3, 0.4) is 0 Å². The van der Waals surface area contributed by atoms with Crippen molar-refractivity contribution < 1.29 is 28.7 Å². The Morgan fingerprint density at radius 2 is 1.83 bits per heavy atom. The summed E-state index contributed by atoms with van der Waals surface area (Å²) in [7, 11) is 2.69. The summed E-state index contributed by atoms with van der Waals surface area (Å²) in [5.74, 6) is -1.53. The lowest BCUT2D eigenvalue weighted by Crippen LogP contribution is -2.46. The molecule has 1 N–H and O–H groups in total. The first-order chi connectivity index (χ1) is 10.9. The van der Waals surface area contributed by atoms with Crippen LogP contribution in [-0.4, -0.2) is 50.9 Å². The number of methoxy groups -OCH3 is 2. The third kappa shape index (κ3) is 5.10. The molecule has 8 heteroatoms. The number of benzene rings is 1. The molecule has 0 spiro atoms. The summed E-state index contributed by atoms with van der Waals surface area (Å²) in [5.41, 5.74) is 0.351. The van der Waals surface area contributed by atoms with Crippen LogP contribution in [0.5, 0.6) is 5.75 Å². The quantitative estimate of drug-likeness (QED) is 0.427. The third-order valence-electron chi connectivity index (χ3n) is 2.98. The van der Waals surface area contributed by atoms with Gasteiger partial charge in [-0.15, -0.1) is 0 Å². The van der Waals surface area contributed by atoms with E-state index in [0.717, 1.165) is 4.90 Å². The van der Waals surface area contributed by atoms with Crippen molar-refractivity contribution in [1.82, 2.24) is 5.32 Å². The van der Waals surface area contributed by atoms with Gasteiger partial charge in [0.1, 0.15) is 18.3 Å². The molecule has 0 radical (unpaired) electrons. The molecule has 0 aromatic heterocycles. The molecule has 0 aliphatic heterocycles. The maximum atomic E-state index is 11.9. The molecular formula is C15H18N2O6. The molecule has 2 amide bonds. The van der Waals surface area contributed by atoms with Crippen LogP contribution in [0, 0.1) is 0 Å². The van der Waals surface area contributed by atoms with E-state index in [4.69, 9.17) is 4.74 Å². The van der Waals surface area contributed by atoms with Crippen LogP contribution in [0.25, 0.3) is 0 Å². The molecule has 0 aliphatic carbocycles. The summed E-state index contributed by atoms with van der Waals surface area (Å²) in [5, 5.41) is 2.38. The van der Waals surface area contributed by atoms with Gasteiger partial charge in [0, 0.05) is 5.69 Å². The Kier molecular flexibility index (Phi) is 6.72. The highest BCUT2D eigenvalue weighted by atomic mass is 16.5. The smallest absolute Gasteiger partial charge is 0.328 e. The maximum absolute atomic E-state index is 11.9. The monoisotopic (exact) mass is 322 g/mol. The third-order valence-corrected chi connectivity index (χ3v) is 2.98. The molecule has 1 aromatic carbocycles. The number of carbonyl (C=O) groups excluding carboxylic acids is 4. The van der Waals surface area contributed by atoms with E-state index in [1.165, 1.54) is 33.3 Å². The second kappa shape index (κ2) is 8.52. The van der Waals surface area contributed by atoms with E-state index < -0.39 is 30.4 Å². The van der Waals surface area contributed by atoms with E-state index in [1.54, 1.807) is 12.1 Å². The number of esters is 1. The topological polar surface area (TPSA) is 102 Å². The standard InChI is InChI=1S/C15H18N2O6/c1-10(15(21)23-3)16-13(19)8-17(14(20)9-18)11-4-6-12(22-2)7-5-11/h4-7,9-10H,8H2,1-3H3,(H,16,19)/t10-/m0/s1. The zero-order valence-corrected chi connectivity index (χ0v) is 13.1. The van der Waals surface area contributed by atoms with Gasteiger partial charge in [-0.05, 0) is 31.2 Å². The number of ether oxygens (including phenoxy) is 2. The number of nitrogens with zero attached hydrogens (tertiary/aromatic N) is 1. The molecule has 0 heterocycles. The minimum absolute atomic E-state index is 0.112. The van der Waals surface area contributed by atoms with Gasteiger partial charge in [0.2, 0.25) is 12.2 Å². The van der Waals surface area contributed by atoms with Gasteiger partial charge in [-0.1, -0.05) is 0 Å². The Morgan fingerprint density at radius 3 is 2.30 bits per heavy atom. The van der Waals surface area contributed by atoms with Crippen LogP contribution in [0.1, 0.15) is 6.92 Å². The molecule has 124 valence electrons. The first-order valence-corrected chi connectivity index (χ1v) is 6.70. The first-order valence-electron chi connectivity index (χ1n) is 6.70. The molecule has 0 bridgehead atoms. The Labute approximate surface area is 133 Å². The molecule has 0 unspecified atom stereocenters. The fraction of sp³-hybridized carbons (Fsp3) is 0.333. The fourth-order valence-corrected chi connectivity index (χ4v) is 1.79. The number of anilines is 1. The number of hydrogen-bond donors (Lipinski definition) is 1. The lowest BCUT2D eigenvalue weighted by Gasteiger charge is -2.21. The minimum Gasteiger partial charge on any atom is -0.497 e. The van der Waals surface area contributed by atoms with Gasteiger partial charge in [-0.25, -0.2) is 4.79 Å². The Balaban J connectivity index is 2.86. The lowest BCUT2D eigenvalue weighted by atomic mass is 10.2. The summed E-state index contributed by atoms with van der Waals surface area (Å²) >= 11 is 0. The van der Waals surface area contributed by atoms with Crippen LogP contribution in [0.2, 0.25) is 0 Å². The van der Waals surface area contributed by atoms with Gasteiger partial charge in [0.25, 0.3) is 5.91 Å². The van der Waals surface area contributed by atoms with Crippen LogP contribution < -0.4 is 15.0 Å². The predicted octanol–water partition coefficient (Wildman–Crippen LogP) is -0.0952. The Bertz CT molecular complexity index is 584. The van der Waals surface area contributed by atoms with Gasteiger partial charge < -0.3 is 14.8 Å². The summed E-state index contributed by atoms with van der Waals surface area (Å²) < 4.78 is 9.50. The van der Waals surface area contributed by atoms with E-state index in [2.05, 4.69) is 10.1 Å². The molecule has 23 heavy (non-hydrogen) atoms. The molecule has 1 rings (SSSR count). The van der Waals surface area contributed by atoms with Gasteiger partial charge in [0.05, 0.1) is 14.2 Å². The van der Waals surface area contributed by atoms with Crippen molar-refractivity contribution in [2.45, 2.75) is 13.0 Å². The molecule has 0 saturated heterocycles. The number of aldehydes is 1. The molecule has 1 atom stereocenters. The second-order valence-corrected chi connectivity index (χ2v) is 4.55. The predicted molar refractivity (Wildman–Crippen MR) is 81.0 cm³/mol. The van der Waals surface area contributed by atoms with Crippen molar-refractivity contribution in [3.63, 3.8) is 0 Å². The molecule has 0 saturated carbocycles. The summed E-state index contributed by atoms with van der Waals surface area (Å²) in [6.07, 6.45) is 0.112. The highest BCUT2D eigenvalue weighted by Crippen LogP contribution is 2.19.